The van der Waals surface area contributed by atoms with E-state index in [0.29, 0.717) is 17.9 Å². The number of hydrogen-bond acceptors (Lipinski definition) is 4. The summed E-state index contributed by atoms with van der Waals surface area (Å²) in [6.07, 6.45) is 1.79. The molecule has 0 aromatic heterocycles. The molecule has 1 amide bonds. The molecule has 7 heteroatoms. The first-order chi connectivity index (χ1) is 13.6. The van der Waals surface area contributed by atoms with Gasteiger partial charge in [-0.15, -0.1) is 0 Å². The first kappa shape index (κ1) is 22.7. The topological polar surface area (TPSA) is 75.7 Å². The lowest BCUT2D eigenvalue weighted by molar-refractivity contribution is -0.121. The van der Waals surface area contributed by atoms with Crippen molar-refractivity contribution in [2.75, 3.05) is 24.2 Å². The minimum Gasteiger partial charge on any atom is -0.495 e. The first-order valence-electron chi connectivity index (χ1n) is 9.60. The summed E-state index contributed by atoms with van der Waals surface area (Å²) in [6, 6.07) is 13.0. The van der Waals surface area contributed by atoms with Crippen LogP contribution in [0.1, 0.15) is 42.5 Å². The van der Waals surface area contributed by atoms with Crippen molar-refractivity contribution in [2.45, 2.75) is 39.7 Å². The van der Waals surface area contributed by atoms with Crippen molar-refractivity contribution in [3.05, 3.63) is 59.2 Å². The van der Waals surface area contributed by atoms with Gasteiger partial charge in [-0.1, -0.05) is 35.9 Å². The van der Waals surface area contributed by atoms with Gasteiger partial charge in [0.15, 0.2) is 0 Å². The van der Waals surface area contributed by atoms with Crippen LogP contribution in [0.5, 0.6) is 5.75 Å². The van der Waals surface area contributed by atoms with E-state index < -0.39 is 10.0 Å². The average Bonchev–Trinajstić information content (AvgIpc) is 2.64. The van der Waals surface area contributed by atoms with Crippen LogP contribution in [0.4, 0.5) is 5.69 Å². The molecule has 1 N–H and O–H groups in total. The molecule has 6 nitrogen and oxygen atoms in total. The Bertz CT molecular complexity index is 957. The molecule has 1 atom stereocenters. The Morgan fingerprint density at radius 3 is 2.48 bits per heavy atom. The minimum absolute atomic E-state index is 0.106. The number of carbonyl (C=O) groups is 1. The molecule has 158 valence electrons. The highest BCUT2D eigenvalue weighted by atomic mass is 32.2. The van der Waals surface area contributed by atoms with E-state index in [1.165, 1.54) is 17.0 Å². The van der Waals surface area contributed by atoms with E-state index in [9.17, 15) is 13.2 Å². The smallest absolute Gasteiger partial charge is 0.232 e. The third-order valence-electron chi connectivity index (χ3n) is 4.79. The molecule has 0 bridgehead atoms. The molecule has 29 heavy (non-hydrogen) atoms. The zero-order valence-electron chi connectivity index (χ0n) is 17.7. The number of anilines is 1. The lowest BCUT2D eigenvalue weighted by Gasteiger charge is -2.24. The number of ether oxygens (including phenoxy) is 1. The van der Waals surface area contributed by atoms with Gasteiger partial charge in [0.25, 0.3) is 0 Å². The SMILES string of the molecule is COc1ccccc1N(CCCC(=O)N[C@@H](C)c1ccc(C)cc1C)S(C)(=O)=O. The fourth-order valence-corrected chi connectivity index (χ4v) is 4.36. The number of rotatable bonds is 9. The number of nitrogens with one attached hydrogen (secondary N) is 1. The van der Waals surface area contributed by atoms with Crippen molar-refractivity contribution in [2.24, 2.45) is 0 Å². The molecule has 0 fully saturated rings. The van der Waals surface area contributed by atoms with Crippen molar-refractivity contribution in [3.63, 3.8) is 0 Å². The van der Waals surface area contributed by atoms with Gasteiger partial charge in [0.1, 0.15) is 5.75 Å². The predicted octanol–water partition coefficient (Wildman–Crippen LogP) is 3.74. The number of amides is 1. The van der Waals surface area contributed by atoms with E-state index in [1.807, 2.05) is 32.9 Å². The number of aryl methyl sites for hydroxylation is 2. The van der Waals surface area contributed by atoms with Crippen LogP contribution >= 0.6 is 0 Å². The highest BCUT2D eigenvalue weighted by Crippen LogP contribution is 2.29. The van der Waals surface area contributed by atoms with Crippen LogP contribution in [0.25, 0.3) is 0 Å². The molecular weight excluding hydrogens is 388 g/mol. The highest BCUT2D eigenvalue weighted by molar-refractivity contribution is 7.92. The molecule has 0 aliphatic heterocycles. The number of hydrogen-bond donors (Lipinski definition) is 1. The average molecular weight is 419 g/mol. The van der Waals surface area contributed by atoms with Gasteiger partial charge < -0.3 is 10.1 Å². The second-order valence-electron chi connectivity index (χ2n) is 7.26. The third kappa shape index (κ3) is 6.22. The summed E-state index contributed by atoms with van der Waals surface area (Å²) in [5.74, 6) is 0.372. The summed E-state index contributed by atoms with van der Waals surface area (Å²) in [6.45, 7) is 6.22. The molecule has 0 unspecified atom stereocenters. The number of nitrogens with zero attached hydrogens (tertiary/aromatic N) is 1. The molecule has 0 spiro atoms. The fraction of sp³-hybridized carbons (Fsp3) is 0.409. The summed E-state index contributed by atoms with van der Waals surface area (Å²) in [5, 5.41) is 3.00. The van der Waals surface area contributed by atoms with Crippen LogP contribution in [-0.2, 0) is 14.8 Å². The van der Waals surface area contributed by atoms with Gasteiger partial charge in [-0.25, -0.2) is 8.42 Å². The molecule has 0 heterocycles. The Kier molecular flexibility index (Phi) is 7.67. The number of carbonyl (C=O) groups excluding carboxylic acids is 1. The van der Waals surface area contributed by atoms with Crippen LogP contribution in [-0.4, -0.2) is 34.2 Å². The van der Waals surface area contributed by atoms with Crippen molar-refractivity contribution < 1.29 is 17.9 Å². The minimum atomic E-state index is -3.50. The van der Waals surface area contributed by atoms with Crippen LogP contribution in [0, 0.1) is 13.8 Å². The van der Waals surface area contributed by atoms with Crippen molar-refractivity contribution in [3.8, 4) is 5.75 Å². The standard InChI is InChI=1S/C22H30N2O4S/c1-16-12-13-19(17(2)15-16)18(3)23-22(25)11-8-14-24(29(5,26)27)20-9-6-7-10-21(20)28-4/h6-7,9-10,12-13,15,18H,8,11,14H2,1-5H3,(H,23,25)/t18-/m0/s1. The van der Waals surface area contributed by atoms with E-state index in [2.05, 4.69) is 11.4 Å². The summed E-state index contributed by atoms with van der Waals surface area (Å²) in [5.41, 5.74) is 3.87. The Morgan fingerprint density at radius 2 is 1.86 bits per heavy atom. The van der Waals surface area contributed by atoms with E-state index in [4.69, 9.17) is 4.74 Å². The van der Waals surface area contributed by atoms with Gasteiger partial charge in [0.05, 0.1) is 25.1 Å². The monoisotopic (exact) mass is 418 g/mol. The zero-order valence-corrected chi connectivity index (χ0v) is 18.5. The largest absolute Gasteiger partial charge is 0.495 e. The number of para-hydroxylation sites is 2. The lowest BCUT2D eigenvalue weighted by Crippen LogP contribution is -2.33. The molecule has 2 rings (SSSR count). The van der Waals surface area contributed by atoms with Gasteiger partial charge in [0, 0.05) is 13.0 Å². The van der Waals surface area contributed by atoms with E-state index >= 15 is 0 Å². The molecule has 0 saturated carbocycles. The number of benzene rings is 2. The summed E-state index contributed by atoms with van der Waals surface area (Å²) >= 11 is 0. The Hall–Kier alpha value is -2.54. The highest BCUT2D eigenvalue weighted by Gasteiger charge is 2.21. The quantitative estimate of drug-likeness (QED) is 0.673. The normalized spacial score (nSPS) is 12.3. The maximum absolute atomic E-state index is 12.4. The maximum atomic E-state index is 12.4. The van der Waals surface area contributed by atoms with Crippen LogP contribution < -0.4 is 14.4 Å². The van der Waals surface area contributed by atoms with Gasteiger partial charge in [-0.2, -0.15) is 0 Å². The second-order valence-corrected chi connectivity index (χ2v) is 9.17. The Balaban J connectivity index is 1.99. The van der Waals surface area contributed by atoms with Crippen LogP contribution in [0.2, 0.25) is 0 Å². The fourth-order valence-electron chi connectivity index (χ4n) is 3.39. The molecule has 0 aliphatic carbocycles. The summed E-state index contributed by atoms with van der Waals surface area (Å²) in [7, 11) is -2.00. The van der Waals surface area contributed by atoms with E-state index in [-0.39, 0.29) is 24.9 Å². The van der Waals surface area contributed by atoms with Gasteiger partial charge >= 0.3 is 0 Å². The molecule has 0 saturated heterocycles. The van der Waals surface area contributed by atoms with Crippen molar-refractivity contribution >= 4 is 21.6 Å². The second kappa shape index (κ2) is 9.78. The summed E-state index contributed by atoms with van der Waals surface area (Å²) in [4.78, 5) is 12.4. The number of sulfonamides is 1. The third-order valence-corrected chi connectivity index (χ3v) is 5.97. The van der Waals surface area contributed by atoms with Crippen LogP contribution in [0.15, 0.2) is 42.5 Å². The van der Waals surface area contributed by atoms with Gasteiger partial charge in [0.2, 0.25) is 15.9 Å². The molecule has 0 aliphatic rings. The predicted molar refractivity (Wildman–Crippen MR) is 117 cm³/mol. The van der Waals surface area contributed by atoms with E-state index in [0.717, 1.165) is 17.4 Å². The van der Waals surface area contributed by atoms with E-state index in [1.54, 1.807) is 24.3 Å². The Labute approximate surface area is 173 Å². The zero-order chi connectivity index (χ0) is 21.6. The first-order valence-corrected chi connectivity index (χ1v) is 11.5. The molecule has 2 aromatic rings. The van der Waals surface area contributed by atoms with Gasteiger partial charge in [-0.3, -0.25) is 9.10 Å². The van der Waals surface area contributed by atoms with Crippen molar-refractivity contribution in [1.82, 2.24) is 5.32 Å². The van der Waals surface area contributed by atoms with Gasteiger partial charge in [-0.05, 0) is 50.5 Å². The molecule has 0 radical (unpaired) electrons. The van der Waals surface area contributed by atoms with Crippen LogP contribution in [0.3, 0.4) is 0 Å². The maximum Gasteiger partial charge on any atom is 0.232 e. The molecular formula is C22H30N2O4S. The summed E-state index contributed by atoms with van der Waals surface area (Å²) < 4.78 is 31.1. The Morgan fingerprint density at radius 1 is 1.17 bits per heavy atom. The lowest BCUT2D eigenvalue weighted by atomic mass is 10.00. The number of methoxy groups -OCH3 is 1. The van der Waals surface area contributed by atoms with Crippen molar-refractivity contribution in [1.29, 1.82) is 0 Å². The molecule has 2 aromatic carbocycles.